The Labute approximate surface area is 114 Å². The van der Waals surface area contributed by atoms with E-state index in [1.165, 1.54) is 31.2 Å². The summed E-state index contributed by atoms with van der Waals surface area (Å²) in [6.07, 6.45) is 6.66. The predicted octanol–water partition coefficient (Wildman–Crippen LogP) is 1.99. The number of rotatable bonds is 4. The molecule has 1 amide bonds. The van der Waals surface area contributed by atoms with E-state index in [-0.39, 0.29) is 5.91 Å². The molecule has 19 heavy (non-hydrogen) atoms. The highest BCUT2D eigenvalue weighted by Gasteiger charge is 2.24. The van der Waals surface area contributed by atoms with E-state index in [1.807, 2.05) is 12.1 Å². The summed E-state index contributed by atoms with van der Waals surface area (Å²) in [4.78, 5) is 18.6. The first-order valence-electron chi connectivity index (χ1n) is 7.18. The number of pyridine rings is 1. The quantitative estimate of drug-likeness (QED) is 0.899. The largest absolute Gasteiger partial charge is 0.350 e. The summed E-state index contributed by atoms with van der Waals surface area (Å²) in [6.45, 7) is 1.93. The van der Waals surface area contributed by atoms with E-state index in [0.717, 1.165) is 13.1 Å². The first kappa shape index (κ1) is 12.6. The monoisotopic (exact) mass is 259 g/mol. The Morgan fingerprint density at radius 3 is 3.00 bits per heavy atom. The van der Waals surface area contributed by atoms with Crippen LogP contribution in [0.1, 0.15) is 47.8 Å². The zero-order valence-corrected chi connectivity index (χ0v) is 11.4. The van der Waals surface area contributed by atoms with Crippen molar-refractivity contribution in [1.29, 1.82) is 0 Å². The minimum atomic E-state index is -0.0330. The summed E-state index contributed by atoms with van der Waals surface area (Å²) < 4.78 is 0. The van der Waals surface area contributed by atoms with Crippen molar-refractivity contribution in [3.05, 3.63) is 29.6 Å². The molecular weight excluding hydrogens is 238 g/mol. The van der Waals surface area contributed by atoms with E-state index in [4.69, 9.17) is 0 Å². The number of hydrogen-bond donors (Lipinski definition) is 1. The number of nitrogens with one attached hydrogen (secondary N) is 1. The summed E-state index contributed by atoms with van der Waals surface area (Å²) in [5.41, 5.74) is 1.77. The van der Waals surface area contributed by atoms with Crippen LogP contribution in [0.4, 0.5) is 0 Å². The number of amides is 1. The minimum Gasteiger partial charge on any atom is -0.350 e. The lowest BCUT2D eigenvalue weighted by atomic mass is 10.1. The van der Waals surface area contributed by atoms with Gasteiger partial charge in [-0.3, -0.25) is 14.7 Å². The molecule has 4 nitrogen and oxygen atoms in total. The molecule has 1 aliphatic heterocycles. The van der Waals surface area contributed by atoms with Crippen molar-refractivity contribution >= 4 is 5.91 Å². The maximum Gasteiger partial charge on any atom is 0.269 e. The fraction of sp³-hybridized carbons (Fsp3) is 0.600. The molecule has 1 atom stereocenters. The minimum absolute atomic E-state index is 0.0330. The Bertz CT molecular complexity index is 470. The van der Waals surface area contributed by atoms with Gasteiger partial charge in [0.05, 0.1) is 0 Å². The lowest BCUT2D eigenvalue weighted by Crippen LogP contribution is -2.27. The SMILES string of the molecule is CN1CCC[C@H]1c1ccnc(C(=O)NCC2CC2)c1. The molecule has 1 aromatic heterocycles. The van der Waals surface area contributed by atoms with Crippen LogP contribution in [0.2, 0.25) is 0 Å². The molecule has 2 fully saturated rings. The highest BCUT2D eigenvalue weighted by atomic mass is 16.1. The molecule has 1 saturated heterocycles. The third-order valence-corrected chi connectivity index (χ3v) is 4.17. The second-order valence-electron chi connectivity index (χ2n) is 5.77. The summed E-state index contributed by atoms with van der Waals surface area (Å²) in [5, 5.41) is 2.97. The molecular formula is C15H21N3O. The van der Waals surface area contributed by atoms with Crippen molar-refractivity contribution in [1.82, 2.24) is 15.2 Å². The zero-order chi connectivity index (χ0) is 13.2. The second kappa shape index (κ2) is 5.29. The van der Waals surface area contributed by atoms with Crippen molar-refractivity contribution in [3.8, 4) is 0 Å². The van der Waals surface area contributed by atoms with Crippen LogP contribution in [0.25, 0.3) is 0 Å². The smallest absolute Gasteiger partial charge is 0.269 e. The Balaban J connectivity index is 1.69. The van der Waals surface area contributed by atoms with Crippen LogP contribution in [0.15, 0.2) is 18.3 Å². The molecule has 3 rings (SSSR count). The fourth-order valence-corrected chi connectivity index (χ4v) is 2.76. The van der Waals surface area contributed by atoms with Gasteiger partial charge < -0.3 is 5.32 Å². The summed E-state index contributed by atoms with van der Waals surface area (Å²) in [7, 11) is 2.14. The summed E-state index contributed by atoms with van der Waals surface area (Å²) in [5.74, 6) is 0.669. The Morgan fingerprint density at radius 1 is 1.47 bits per heavy atom. The Hall–Kier alpha value is -1.42. The maximum absolute atomic E-state index is 12.0. The van der Waals surface area contributed by atoms with Gasteiger partial charge >= 0.3 is 0 Å². The molecule has 2 aliphatic rings. The Morgan fingerprint density at radius 2 is 2.32 bits per heavy atom. The number of nitrogens with zero attached hydrogens (tertiary/aromatic N) is 2. The molecule has 0 aromatic carbocycles. The number of carbonyl (C=O) groups excluding carboxylic acids is 1. The molecule has 1 N–H and O–H groups in total. The van der Waals surface area contributed by atoms with Crippen LogP contribution in [0.3, 0.4) is 0 Å². The molecule has 2 heterocycles. The van der Waals surface area contributed by atoms with Gasteiger partial charge in [0.2, 0.25) is 0 Å². The standard InChI is InChI=1S/C15H21N3O/c1-18-8-2-3-14(18)12-6-7-16-13(9-12)15(19)17-10-11-4-5-11/h6-7,9,11,14H,2-5,8,10H2,1H3,(H,17,19)/t14-/m0/s1. The van der Waals surface area contributed by atoms with Crippen molar-refractivity contribution < 1.29 is 4.79 Å². The normalized spacial score (nSPS) is 23.5. The molecule has 1 aromatic rings. The van der Waals surface area contributed by atoms with Gasteiger partial charge in [0.1, 0.15) is 5.69 Å². The van der Waals surface area contributed by atoms with Crippen molar-refractivity contribution in [2.24, 2.45) is 5.92 Å². The van der Waals surface area contributed by atoms with Gasteiger partial charge in [0, 0.05) is 18.8 Å². The highest BCUT2D eigenvalue weighted by molar-refractivity contribution is 5.92. The number of carbonyl (C=O) groups is 1. The van der Waals surface area contributed by atoms with Gasteiger partial charge in [0.15, 0.2) is 0 Å². The summed E-state index contributed by atoms with van der Waals surface area (Å²) in [6, 6.07) is 4.43. The third-order valence-electron chi connectivity index (χ3n) is 4.17. The van der Waals surface area contributed by atoms with Gasteiger partial charge in [-0.15, -0.1) is 0 Å². The maximum atomic E-state index is 12.0. The molecule has 1 aliphatic carbocycles. The van der Waals surface area contributed by atoms with Gasteiger partial charge in [-0.2, -0.15) is 0 Å². The highest BCUT2D eigenvalue weighted by Crippen LogP contribution is 2.30. The first-order chi connectivity index (χ1) is 9.24. The van der Waals surface area contributed by atoms with Gasteiger partial charge in [0.25, 0.3) is 5.91 Å². The average molecular weight is 259 g/mol. The number of aromatic nitrogens is 1. The van der Waals surface area contributed by atoms with Gasteiger partial charge in [-0.05, 0) is 62.9 Å². The molecule has 4 heteroatoms. The molecule has 102 valence electrons. The molecule has 1 saturated carbocycles. The van der Waals surface area contributed by atoms with Gasteiger partial charge in [-0.25, -0.2) is 0 Å². The summed E-state index contributed by atoms with van der Waals surface area (Å²) >= 11 is 0. The van der Waals surface area contributed by atoms with E-state index < -0.39 is 0 Å². The van der Waals surface area contributed by atoms with Crippen LogP contribution >= 0.6 is 0 Å². The van der Waals surface area contributed by atoms with Crippen LogP contribution in [-0.4, -0.2) is 35.9 Å². The van der Waals surface area contributed by atoms with Crippen LogP contribution in [-0.2, 0) is 0 Å². The molecule has 0 radical (unpaired) electrons. The van der Waals surface area contributed by atoms with E-state index in [9.17, 15) is 4.79 Å². The van der Waals surface area contributed by atoms with Crippen molar-refractivity contribution in [3.63, 3.8) is 0 Å². The van der Waals surface area contributed by atoms with Gasteiger partial charge in [-0.1, -0.05) is 0 Å². The topological polar surface area (TPSA) is 45.2 Å². The molecule has 0 bridgehead atoms. The lowest BCUT2D eigenvalue weighted by molar-refractivity contribution is 0.0946. The fourth-order valence-electron chi connectivity index (χ4n) is 2.76. The Kier molecular flexibility index (Phi) is 3.51. The van der Waals surface area contributed by atoms with Crippen LogP contribution in [0.5, 0.6) is 0 Å². The van der Waals surface area contributed by atoms with E-state index in [1.54, 1.807) is 6.20 Å². The van der Waals surface area contributed by atoms with Crippen LogP contribution in [0, 0.1) is 5.92 Å². The number of likely N-dealkylation sites (tertiary alicyclic amines) is 1. The van der Waals surface area contributed by atoms with E-state index in [2.05, 4.69) is 22.2 Å². The lowest BCUT2D eigenvalue weighted by Gasteiger charge is -2.19. The van der Waals surface area contributed by atoms with Crippen LogP contribution < -0.4 is 5.32 Å². The molecule has 0 unspecified atom stereocenters. The zero-order valence-electron chi connectivity index (χ0n) is 11.4. The van der Waals surface area contributed by atoms with E-state index in [0.29, 0.717) is 17.7 Å². The van der Waals surface area contributed by atoms with Crippen molar-refractivity contribution in [2.45, 2.75) is 31.7 Å². The second-order valence-corrected chi connectivity index (χ2v) is 5.77. The molecule has 0 spiro atoms. The number of hydrogen-bond acceptors (Lipinski definition) is 3. The van der Waals surface area contributed by atoms with Crippen molar-refractivity contribution in [2.75, 3.05) is 20.1 Å². The predicted molar refractivity (Wildman–Crippen MR) is 73.9 cm³/mol. The average Bonchev–Trinajstić information content (AvgIpc) is 3.17. The third kappa shape index (κ3) is 2.95. The van der Waals surface area contributed by atoms with E-state index >= 15 is 0 Å². The first-order valence-corrected chi connectivity index (χ1v) is 7.18.